The number of hydrogen-bond donors (Lipinski definition) is 0. The van der Waals surface area contributed by atoms with Gasteiger partial charge in [-0.15, -0.1) is 0 Å². The Morgan fingerprint density at radius 3 is 2.40 bits per heavy atom. The first-order valence-electron chi connectivity index (χ1n) is 7.73. The van der Waals surface area contributed by atoms with Crippen molar-refractivity contribution >= 4 is 0 Å². The van der Waals surface area contributed by atoms with Crippen LogP contribution in [0.4, 0.5) is 8.78 Å². The molecular formula is C14H27F2N3O. The van der Waals surface area contributed by atoms with Gasteiger partial charge in [0, 0.05) is 51.9 Å². The standard InChI is InChI=1S/C14H27F2N3O/c1-2-13-11-18(5-6-19(13)12-14(15)16)4-3-17-7-9-20-10-8-17/h13-14H,2-12H2,1H3/t13-/m1/s1. The van der Waals surface area contributed by atoms with Gasteiger partial charge < -0.3 is 4.74 Å². The van der Waals surface area contributed by atoms with E-state index in [9.17, 15) is 8.78 Å². The first-order valence-corrected chi connectivity index (χ1v) is 7.73. The molecule has 0 bridgehead atoms. The lowest BCUT2D eigenvalue weighted by molar-refractivity contribution is 0.00716. The minimum absolute atomic E-state index is 0.0736. The van der Waals surface area contributed by atoms with Crippen LogP contribution in [0.25, 0.3) is 0 Å². The molecule has 20 heavy (non-hydrogen) atoms. The number of rotatable bonds is 6. The van der Waals surface area contributed by atoms with Crippen molar-refractivity contribution in [1.29, 1.82) is 0 Å². The molecule has 0 aromatic heterocycles. The molecule has 2 rings (SSSR count). The molecule has 0 amide bonds. The van der Waals surface area contributed by atoms with Crippen molar-refractivity contribution in [2.45, 2.75) is 25.8 Å². The summed E-state index contributed by atoms with van der Waals surface area (Å²) in [6.45, 7) is 10.4. The predicted molar refractivity (Wildman–Crippen MR) is 75.4 cm³/mol. The lowest BCUT2D eigenvalue weighted by Crippen LogP contribution is -2.55. The number of nitrogens with zero attached hydrogens (tertiary/aromatic N) is 3. The third-order valence-corrected chi connectivity index (χ3v) is 4.37. The smallest absolute Gasteiger partial charge is 0.251 e. The first kappa shape index (κ1) is 16.1. The lowest BCUT2D eigenvalue weighted by atomic mass is 10.1. The van der Waals surface area contributed by atoms with Gasteiger partial charge in [-0.05, 0) is 6.42 Å². The number of halogens is 2. The Kier molecular flexibility index (Phi) is 6.61. The third kappa shape index (κ3) is 4.91. The van der Waals surface area contributed by atoms with Gasteiger partial charge in [0.15, 0.2) is 0 Å². The third-order valence-electron chi connectivity index (χ3n) is 4.37. The molecule has 6 heteroatoms. The molecular weight excluding hydrogens is 264 g/mol. The zero-order chi connectivity index (χ0) is 14.4. The van der Waals surface area contributed by atoms with Crippen LogP contribution in [0.15, 0.2) is 0 Å². The molecule has 2 aliphatic rings. The van der Waals surface area contributed by atoms with E-state index in [2.05, 4.69) is 16.7 Å². The fourth-order valence-corrected chi connectivity index (χ4v) is 3.07. The van der Waals surface area contributed by atoms with E-state index in [-0.39, 0.29) is 12.6 Å². The van der Waals surface area contributed by atoms with E-state index >= 15 is 0 Å². The Bertz CT molecular complexity index is 275. The predicted octanol–water partition coefficient (Wildman–Crippen LogP) is 0.980. The quantitative estimate of drug-likeness (QED) is 0.726. The number of alkyl halides is 2. The van der Waals surface area contributed by atoms with Crippen LogP contribution in [0, 0.1) is 0 Å². The summed E-state index contributed by atoms with van der Waals surface area (Å²) in [5.74, 6) is 0. The molecule has 2 heterocycles. The molecule has 0 unspecified atom stereocenters. The van der Waals surface area contributed by atoms with E-state index in [1.807, 2.05) is 4.90 Å². The maximum absolute atomic E-state index is 12.5. The highest BCUT2D eigenvalue weighted by Gasteiger charge is 2.27. The molecule has 0 aliphatic carbocycles. The second-order valence-electron chi connectivity index (χ2n) is 5.70. The summed E-state index contributed by atoms with van der Waals surface area (Å²) < 4.78 is 30.4. The maximum Gasteiger partial charge on any atom is 0.251 e. The molecule has 0 aromatic carbocycles. The van der Waals surface area contributed by atoms with Gasteiger partial charge in [-0.2, -0.15) is 0 Å². The average Bonchev–Trinajstić information content (AvgIpc) is 2.46. The molecule has 1 atom stereocenters. The second-order valence-corrected chi connectivity index (χ2v) is 5.70. The molecule has 0 N–H and O–H groups in total. The van der Waals surface area contributed by atoms with Crippen molar-refractivity contribution in [2.24, 2.45) is 0 Å². The van der Waals surface area contributed by atoms with Crippen LogP contribution in [0.5, 0.6) is 0 Å². The van der Waals surface area contributed by atoms with Crippen LogP contribution in [-0.2, 0) is 4.74 Å². The van der Waals surface area contributed by atoms with Gasteiger partial charge in [-0.25, -0.2) is 8.78 Å². The molecule has 2 aliphatic heterocycles. The highest BCUT2D eigenvalue weighted by Crippen LogP contribution is 2.14. The number of morpholine rings is 1. The van der Waals surface area contributed by atoms with Crippen molar-refractivity contribution in [3.8, 4) is 0 Å². The normalized spacial score (nSPS) is 27.3. The fraction of sp³-hybridized carbons (Fsp3) is 1.00. The van der Waals surface area contributed by atoms with E-state index in [0.29, 0.717) is 0 Å². The van der Waals surface area contributed by atoms with Gasteiger partial charge in [0.05, 0.1) is 19.8 Å². The van der Waals surface area contributed by atoms with Crippen molar-refractivity contribution in [3.63, 3.8) is 0 Å². The van der Waals surface area contributed by atoms with Crippen LogP contribution < -0.4 is 0 Å². The van der Waals surface area contributed by atoms with Crippen LogP contribution in [0.3, 0.4) is 0 Å². The highest BCUT2D eigenvalue weighted by atomic mass is 19.3. The van der Waals surface area contributed by atoms with Gasteiger partial charge in [-0.3, -0.25) is 14.7 Å². The van der Waals surface area contributed by atoms with Crippen LogP contribution >= 0.6 is 0 Å². The SMILES string of the molecule is CC[C@@H]1CN(CCN2CCOCC2)CCN1CC(F)F. The fourth-order valence-electron chi connectivity index (χ4n) is 3.07. The van der Waals surface area contributed by atoms with Gasteiger partial charge in [0.2, 0.25) is 0 Å². The van der Waals surface area contributed by atoms with Crippen LogP contribution in [0.1, 0.15) is 13.3 Å². The van der Waals surface area contributed by atoms with Crippen molar-refractivity contribution < 1.29 is 13.5 Å². The topological polar surface area (TPSA) is 19.0 Å². The van der Waals surface area contributed by atoms with Gasteiger partial charge in [0.1, 0.15) is 0 Å². The number of ether oxygens (including phenoxy) is 1. The van der Waals surface area contributed by atoms with Gasteiger partial charge >= 0.3 is 0 Å². The van der Waals surface area contributed by atoms with Crippen LogP contribution in [0.2, 0.25) is 0 Å². The molecule has 0 radical (unpaired) electrons. The molecule has 0 spiro atoms. The highest BCUT2D eigenvalue weighted by molar-refractivity contribution is 4.82. The number of hydrogen-bond acceptors (Lipinski definition) is 4. The summed E-state index contributed by atoms with van der Waals surface area (Å²) >= 11 is 0. The maximum atomic E-state index is 12.5. The summed E-state index contributed by atoms with van der Waals surface area (Å²) in [4.78, 5) is 6.80. The van der Waals surface area contributed by atoms with Crippen LogP contribution in [-0.4, -0.2) is 92.7 Å². The Balaban J connectivity index is 1.71. The second kappa shape index (κ2) is 8.22. The van der Waals surface area contributed by atoms with E-state index in [0.717, 1.165) is 65.4 Å². The first-order chi connectivity index (χ1) is 9.69. The minimum atomic E-state index is -2.22. The summed E-state index contributed by atoms with van der Waals surface area (Å²) in [6.07, 6.45) is -1.27. The van der Waals surface area contributed by atoms with Gasteiger partial charge in [0.25, 0.3) is 6.43 Å². The monoisotopic (exact) mass is 291 g/mol. The lowest BCUT2D eigenvalue weighted by Gasteiger charge is -2.41. The Hall–Kier alpha value is -0.300. The van der Waals surface area contributed by atoms with Gasteiger partial charge in [-0.1, -0.05) is 6.92 Å². The summed E-state index contributed by atoms with van der Waals surface area (Å²) in [6, 6.07) is 0.280. The van der Waals surface area contributed by atoms with Crippen molar-refractivity contribution in [3.05, 3.63) is 0 Å². The summed E-state index contributed by atoms with van der Waals surface area (Å²) in [5, 5.41) is 0. The molecule has 118 valence electrons. The Morgan fingerprint density at radius 2 is 1.75 bits per heavy atom. The zero-order valence-corrected chi connectivity index (χ0v) is 12.4. The van der Waals surface area contributed by atoms with Crippen molar-refractivity contribution in [1.82, 2.24) is 14.7 Å². The van der Waals surface area contributed by atoms with E-state index in [4.69, 9.17) is 4.74 Å². The molecule has 2 fully saturated rings. The summed E-state index contributed by atoms with van der Waals surface area (Å²) in [5.41, 5.74) is 0. The molecule has 2 saturated heterocycles. The van der Waals surface area contributed by atoms with E-state index in [1.54, 1.807) is 0 Å². The summed E-state index contributed by atoms with van der Waals surface area (Å²) in [7, 11) is 0. The molecule has 0 saturated carbocycles. The Labute approximate surface area is 120 Å². The van der Waals surface area contributed by atoms with Crippen molar-refractivity contribution in [2.75, 3.05) is 65.6 Å². The number of piperazine rings is 1. The molecule has 4 nitrogen and oxygen atoms in total. The minimum Gasteiger partial charge on any atom is -0.379 e. The van der Waals surface area contributed by atoms with E-state index in [1.165, 1.54) is 0 Å². The Morgan fingerprint density at radius 1 is 1.05 bits per heavy atom. The average molecular weight is 291 g/mol. The molecule has 0 aromatic rings. The largest absolute Gasteiger partial charge is 0.379 e. The zero-order valence-electron chi connectivity index (χ0n) is 12.4. The van der Waals surface area contributed by atoms with E-state index < -0.39 is 6.43 Å².